The summed E-state index contributed by atoms with van der Waals surface area (Å²) in [6.07, 6.45) is 1.69. The zero-order valence-corrected chi connectivity index (χ0v) is 6.97. The number of hydrogen-bond acceptors (Lipinski definition) is 4. The maximum absolute atomic E-state index is 9.57. The molecular weight excluding hydrogens is 160 g/mol. The van der Waals surface area contributed by atoms with Crippen LogP contribution in [-0.4, -0.2) is 39.9 Å². The fourth-order valence-corrected chi connectivity index (χ4v) is 1.09. The second-order valence-electron chi connectivity index (χ2n) is 2.89. The van der Waals surface area contributed by atoms with Gasteiger partial charge in [0.25, 0.3) is 0 Å². The molecule has 0 bridgehead atoms. The van der Waals surface area contributed by atoms with Gasteiger partial charge in [-0.2, -0.15) is 0 Å². The minimum atomic E-state index is -1.33. The van der Waals surface area contributed by atoms with E-state index >= 15 is 0 Å². The Bertz CT molecular complexity index is 180. The molecule has 3 atom stereocenters. The maximum Gasteiger partial charge on any atom is 0.185 e. The van der Waals surface area contributed by atoms with E-state index in [1.807, 2.05) is 0 Å². The van der Waals surface area contributed by atoms with Crippen molar-refractivity contribution in [2.75, 3.05) is 6.61 Å². The molecule has 3 N–H and O–H groups in total. The predicted molar refractivity (Wildman–Crippen MR) is 42.3 cm³/mol. The predicted octanol–water partition coefficient (Wildman–Crippen LogP) is -0.607. The van der Waals surface area contributed by atoms with Gasteiger partial charge in [0.1, 0.15) is 12.2 Å². The van der Waals surface area contributed by atoms with Gasteiger partial charge in [0.05, 0.1) is 6.61 Å². The summed E-state index contributed by atoms with van der Waals surface area (Å²) >= 11 is 0. The van der Waals surface area contributed by atoms with Crippen molar-refractivity contribution in [1.29, 1.82) is 0 Å². The molecule has 1 heterocycles. The van der Waals surface area contributed by atoms with E-state index in [-0.39, 0.29) is 6.61 Å². The summed E-state index contributed by atoms with van der Waals surface area (Å²) in [5.41, 5.74) is 0. The fourth-order valence-electron chi connectivity index (χ4n) is 1.09. The van der Waals surface area contributed by atoms with Gasteiger partial charge in [0.2, 0.25) is 0 Å². The first kappa shape index (κ1) is 9.67. The van der Waals surface area contributed by atoms with E-state index in [1.54, 1.807) is 6.92 Å². The number of hydrogen-bond donors (Lipinski definition) is 3. The van der Waals surface area contributed by atoms with Crippen LogP contribution in [0.1, 0.15) is 13.3 Å². The lowest BCUT2D eigenvalue weighted by atomic mass is 10.1. The van der Waals surface area contributed by atoms with Crippen LogP contribution < -0.4 is 0 Å². The minimum Gasteiger partial charge on any atom is -0.394 e. The molecule has 0 amide bonds. The Morgan fingerprint density at radius 3 is 2.75 bits per heavy atom. The molecule has 0 radical (unpaired) electrons. The van der Waals surface area contributed by atoms with Crippen LogP contribution in [0.4, 0.5) is 0 Å². The molecule has 0 aliphatic carbocycles. The molecule has 0 unspecified atom stereocenters. The normalized spacial score (nSPS) is 41.7. The van der Waals surface area contributed by atoms with E-state index in [4.69, 9.17) is 9.84 Å². The van der Waals surface area contributed by atoms with Crippen molar-refractivity contribution in [3.63, 3.8) is 0 Å². The van der Waals surface area contributed by atoms with Crippen molar-refractivity contribution in [1.82, 2.24) is 0 Å². The fraction of sp³-hybridized carbons (Fsp3) is 0.750. The summed E-state index contributed by atoms with van der Waals surface area (Å²) in [5.74, 6) is -1.33. The number of aliphatic hydroxyl groups excluding tert-OH is 2. The molecule has 0 saturated carbocycles. The molecule has 0 aromatic rings. The Morgan fingerprint density at radius 2 is 2.25 bits per heavy atom. The summed E-state index contributed by atoms with van der Waals surface area (Å²) in [6, 6.07) is 0. The SMILES string of the molecule is CC[C@@]1(O)C=C[C@H](O)[C@@H](CO)O1. The summed E-state index contributed by atoms with van der Waals surface area (Å²) in [5, 5.41) is 27.5. The molecule has 0 aromatic carbocycles. The number of rotatable bonds is 2. The second kappa shape index (κ2) is 3.53. The van der Waals surface area contributed by atoms with Crippen LogP contribution >= 0.6 is 0 Å². The zero-order chi connectivity index (χ0) is 9.19. The van der Waals surface area contributed by atoms with E-state index in [9.17, 15) is 10.2 Å². The van der Waals surface area contributed by atoms with Gasteiger partial charge in [-0.15, -0.1) is 0 Å². The van der Waals surface area contributed by atoms with Gasteiger partial charge < -0.3 is 20.1 Å². The van der Waals surface area contributed by atoms with Crippen LogP contribution in [0, 0.1) is 0 Å². The number of ether oxygens (including phenoxy) is 1. The van der Waals surface area contributed by atoms with E-state index in [1.165, 1.54) is 12.2 Å². The first-order chi connectivity index (χ1) is 5.61. The van der Waals surface area contributed by atoms with Crippen LogP contribution in [0.25, 0.3) is 0 Å². The maximum atomic E-state index is 9.57. The van der Waals surface area contributed by atoms with Crippen molar-refractivity contribution in [2.45, 2.75) is 31.3 Å². The zero-order valence-electron chi connectivity index (χ0n) is 6.97. The van der Waals surface area contributed by atoms with Crippen molar-refractivity contribution >= 4 is 0 Å². The Balaban J connectivity index is 2.70. The van der Waals surface area contributed by atoms with Crippen LogP contribution in [-0.2, 0) is 4.74 Å². The quantitative estimate of drug-likeness (QED) is 0.489. The standard InChI is InChI=1S/C8H14O4/c1-2-8(11)4-3-6(10)7(5-9)12-8/h3-4,6-7,9-11H,2,5H2,1H3/t6-,7+,8-/m0/s1. The molecule has 0 fully saturated rings. The average molecular weight is 174 g/mol. The van der Waals surface area contributed by atoms with E-state index in [0.717, 1.165) is 0 Å². The molecule has 12 heavy (non-hydrogen) atoms. The second-order valence-corrected chi connectivity index (χ2v) is 2.89. The average Bonchev–Trinajstić information content (AvgIpc) is 2.10. The van der Waals surface area contributed by atoms with E-state index < -0.39 is 18.0 Å². The van der Waals surface area contributed by atoms with Gasteiger partial charge >= 0.3 is 0 Å². The van der Waals surface area contributed by atoms with Crippen LogP contribution in [0.2, 0.25) is 0 Å². The summed E-state index contributed by atoms with van der Waals surface area (Å²) in [4.78, 5) is 0. The lowest BCUT2D eigenvalue weighted by Crippen LogP contribution is -2.45. The van der Waals surface area contributed by atoms with Crippen molar-refractivity contribution < 1.29 is 20.1 Å². The van der Waals surface area contributed by atoms with E-state index in [2.05, 4.69) is 0 Å². The van der Waals surface area contributed by atoms with Gasteiger partial charge in [-0.25, -0.2) is 0 Å². The Morgan fingerprint density at radius 1 is 1.58 bits per heavy atom. The first-order valence-corrected chi connectivity index (χ1v) is 4.00. The highest BCUT2D eigenvalue weighted by molar-refractivity contribution is 5.05. The third-order valence-electron chi connectivity index (χ3n) is 1.98. The molecule has 0 spiro atoms. The summed E-state index contributed by atoms with van der Waals surface area (Å²) < 4.78 is 5.05. The van der Waals surface area contributed by atoms with Crippen molar-refractivity contribution in [3.05, 3.63) is 12.2 Å². The molecule has 4 nitrogen and oxygen atoms in total. The molecule has 1 aliphatic rings. The molecule has 4 heteroatoms. The van der Waals surface area contributed by atoms with E-state index in [0.29, 0.717) is 6.42 Å². The minimum absolute atomic E-state index is 0.298. The largest absolute Gasteiger partial charge is 0.394 e. The monoisotopic (exact) mass is 174 g/mol. The Kier molecular flexibility index (Phi) is 2.85. The molecule has 1 rings (SSSR count). The van der Waals surface area contributed by atoms with Gasteiger partial charge in [0.15, 0.2) is 5.79 Å². The van der Waals surface area contributed by atoms with Gasteiger partial charge in [-0.1, -0.05) is 13.0 Å². The highest BCUT2D eigenvalue weighted by atomic mass is 16.6. The third kappa shape index (κ3) is 1.84. The summed E-state index contributed by atoms with van der Waals surface area (Å²) in [6.45, 7) is 1.46. The Labute approximate surface area is 71.1 Å². The van der Waals surface area contributed by atoms with Crippen LogP contribution in [0.5, 0.6) is 0 Å². The van der Waals surface area contributed by atoms with Crippen LogP contribution in [0.3, 0.4) is 0 Å². The molecule has 70 valence electrons. The lowest BCUT2D eigenvalue weighted by molar-refractivity contribution is -0.229. The molecule has 0 saturated heterocycles. The first-order valence-electron chi connectivity index (χ1n) is 4.00. The topological polar surface area (TPSA) is 69.9 Å². The smallest absolute Gasteiger partial charge is 0.185 e. The Hall–Kier alpha value is -0.420. The van der Waals surface area contributed by atoms with Crippen molar-refractivity contribution in [2.24, 2.45) is 0 Å². The van der Waals surface area contributed by atoms with Gasteiger partial charge in [-0.05, 0) is 6.08 Å². The number of aliphatic hydroxyl groups is 3. The molecule has 0 aromatic heterocycles. The van der Waals surface area contributed by atoms with Crippen LogP contribution in [0.15, 0.2) is 12.2 Å². The highest BCUT2D eigenvalue weighted by Crippen LogP contribution is 2.23. The lowest BCUT2D eigenvalue weighted by Gasteiger charge is -2.34. The van der Waals surface area contributed by atoms with Gasteiger partial charge in [0, 0.05) is 6.42 Å². The van der Waals surface area contributed by atoms with Crippen molar-refractivity contribution in [3.8, 4) is 0 Å². The molecule has 1 aliphatic heterocycles. The highest BCUT2D eigenvalue weighted by Gasteiger charge is 2.33. The third-order valence-corrected chi connectivity index (χ3v) is 1.98. The van der Waals surface area contributed by atoms with Gasteiger partial charge in [-0.3, -0.25) is 0 Å². The molecular formula is C8H14O4. The summed E-state index contributed by atoms with van der Waals surface area (Å²) in [7, 11) is 0.